The predicted molar refractivity (Wildman–Crippen MR) is 69.3 cm³/mol. The summed E-state index contributed by atoms with van der Waals surface area (Å²) < 4.78 is 14.7. The Balaban J connectivity index is 2.18. The standard InChI is InChI=1S/C13H15ClO5/c1-7(15)6-13(2,3)17-12(16)8-4-5-9-11(10(8)14)19-18-9/h4-5,7,15H,6H2,1-3H3. The Morgan fingerprint density at radius 3 is 2.68 bits per heavy atom. The Kier molecular flexibility index (Phi) is 3.60. The van der Waals surface area contributed by atoms with Crippen molar-refractivity contribution >= 4 is 28.7 Å². The minimum atomic E-state index is -0.783. The quantitative estimate of drug-likeness (QED) is 0.689. The lowest BCUT2D eigenvalue weighted by Gasteiger charge is -2.26. The number of ether oxygens (including phenoxy) is 1. The Morgan fingerprint density at radius 1 is 1.47 bits per heavy atom. The summed E-state index contributed by atoms with van der Waals surface area (Å²) in [4.78, 5) is 12.1. The van der Waals surface area contributed by atoms with Gasteiger partial charge in [-0.2, -0.15) is 0 Å². The van der Waals surface area contributed by atoms with E-state index in [1.54, 1.807) is 26.8 Å². The van der Waals surface area contributed by atoms with Gasteiger partial charge in [-0.15, -0.1) is 0 Å². The highest BCUT2D eigenvalue weighted by atomic mass is 35.5. The maximum absolute atomic E-state index is 12.1. The van der Waals surface area contributed by atoms with E-state index in [1.165, 1.54) is 6.07 Å². The summed E-state index contributed by atoms with van der Waals surface area (Å²) in [5.74, 6) is -0.561. The van der Waals surface area contributed by atoms with Gasteiger partial charge < -0.3 is 9.84 Å². The number of halogens is 1. The fourth-order valence-electron chi connectivity index (χ4n) is 1.95. The van der Waals surface area contributed by atoms with Crippen molar-refractivity contribution in [2.75, 3.05) is 0 Å². The second kappa shape index (κ2) is 4.90. The van der Waals surface area contributed by atoms with Crippen LogP contribution in [-0.2, 0) is 4.74 Å². The molecule has 0 radical (unpaired) electrons. The van der Waals surface area contributed by atoms with Crippen molar-refractivity contribution in [2.45, 2.75) is 38.9 Å². The van der Waals surface area contributed by atoms with Crippen LogP contribution < -0.4 is 0 Å². The van der Waals surface area contributed by atoms with Crippen LogP contribution >= 0.6 is 11.6 Å². The molecule has 2 rings (SSSR count). The number of hydrogen-bond donors (Lipinski definition) is 1. The van der Waals surface area contributed by atoms with Gasteiger partial charge in [0.25, 0.3) is 0 Å². The number of fused-ring (bicyclic) bond motifs is 1. The first-order chi connectivity index (χ1) is 8.80. The summed E-state index contributed by atoms with van der Waals surface area (Å²) in [5, 5.41) is 9.53. The number of carbonyl (C=O) groups is 1. The Morgan fingerprint density at radius 2 is 2.16 bits per heavy atom. The van der Waals surface area contributed by atoms with E-state index in [2.05, 4.69) is 4.58 Å². The normalized spacial score (nSPS) is 13.7. The summed E-state index contributed by atoms with van der Waals surface area (Å²) in [7, 11) is 0. The Labute approximate surface area is 115 Å². The Bertz CT molecular complexity index is 593. The van der Waals surface area contributed by atoms with Crippen molar-refractivity contribution in [3.8, 4) is 0 Å². The van der Waals surface area contributed by atoms with E-state index < -0.39 is 17.7 Å². The monoisotopic (exact) mass is 286 g/mol. The second-order valence-electron chi connectivity index (χ2n) is 5.12. The molecular formula is C13H15ClO5. The van der Waals surface area contributed by atoms with Gasteiger partial charge in [0.1, 0.15) is 10.6 Å². The van der Waals surface area contributed by atoms with Gasteiger partial charge in [-0.05, 0) is 32.9 Å². The molecule has 1 heterocycles. The molecule has 1 aromatic carbocycles. The molecule has 1 N–H and O–H groups in total. The molecule has 0 fully saturated rings. The first-order valence-corrected chi connectivity index (χ1v) is 6.26. The van der Waals surface area contributed by atoms with Gasteiger partial charge in [0, 0.05) is 6.42 Å². The van der Waals surface area contributed by atoms with Crippen LogP contribution in [0.5, 0.6) is 0 Å². The number of hydrogen-bond acceptors (Lipinski definition) is 5. The van der Waals surface area contributed by atoms with Gasteiger partial charge in [-0.3, -0.25) is 9.15 Å². The van der Waals surface area contributed by atoms with E-state index in [4.69, 9.17) is 20.9 Å². The average Bonchev–Trinajstić information content (AvgIpc) is 2.17. The van der Waals surface area contributed by atoms with E-state index in [1.807, 2.05) is 0 Å². The van der Waals surface area contributed by atoms with Gasteiger partial charge in [0.2, 0.25) is 11.2 Å². The number of aliphatic hydroxyl groups is 1. The molecule has 19 heavy (non-hydrogen) atoms. The molecule has 1 atom stereocenters. The van der Waals surface area contributed by atoms with Crippen LogP contribution in [0, 0.1) is 0 Å². The first-order valence-electron chi connectivity index (χ1n) is 5.88. The lowest BCUT2D eigenvalue weighted by atomic mass is 10.0. The highest BCUT2D eigenvalue weighted by Crippen LogP contribution is 2.31. The molecule has 0 aliphatic carbocycles. The van der Waals surface area contributed by atoms with Crippen LogP contribution in [0.1, 0.15) is 37.6 Å². The van der Waals surface area contributed by atoms with Crippen LogP contribution in [0.15, 0.2) is 21.3 Å². The lowest BCUT2D eigenvalue weighted by molar-refractivity contribution is -0.0210. The Hall–Kier alpha value is -1.46. The van der Waals surface area contributed by atoms with E-state index in [0.29, 0.717) is 17.6 Å². The third kappa shape index (κ3) is 2.93. The zero-order valence-corrected chi connectivity index (χ0v) is 11.7. The zero-order chi connectivity index (χ0) is 14.2. The van der Waals surface area contributed by atoms with E-state index in [-0.39, 0.29) is 10.6 Å². The third-order valence-electron chi connectivity index (χ3n) is 2.65. The van der Waals surface area contributed by atoms with Crippen LogP contribution in [0.3, 0.4) is 0 Å². The highest BCUT2D eigenvalue weighted by Gasteiger charge is 2.28. The maximum atomic E-state index is 12.1. The summed E-state index contributed by atoms with van der Waals surface area (Å²) in [6.45, 7) is 5.09. The molecule has 0 amide bonds. The summed E-state index contributed by atoms with van der Waals surface area (Å²) in [6, 6.07) is 3.10. The first kappa shape index (κ1) is 14.0. The number of rotatable bonds is 4. The van der Waals surface area contributed by atoms with Crippen molar-refractivity contribution in [3.63, 3.8) is 0 Å². The average molecular weight is 287 g/mol. The number of aliphatic hydroxyl groups excluding tert-OH is 1. The zero-order valence-electron chi connectivity index (χ0n) is 10.9. The largest absolute Gasteiger partial charge is 0.456 e. The molecule has 0 saturated carbocycles. The molecule has 5 nitrogen and oxygen atoms in total. The fourth-order valence-corrected chi connectivity index (χ4v) is 2.22. The van der Waals surface area contributed by atoms with Crippen molar-refractivity contribution in [2.24, 2.45) is 0 Å². The van der Waals surface area contributed by atoms with Crippen LogP contribution in [-0.4, -0.2) is 22.8 Å². The number of esters is 1. The maximum Gasteiger partial charge on any atom is 0.340 e. The van der Waals surface area contributed by atoms with Crippen LogP contribution in [0.4, 0.5) is 0 Å². The lowest BCUT2D eigenvalue weighted by Crippen LogP contribution is -2.31. The molecule has 0 saturated heterocycles. The van der Waals surface area contributed by atoms with Crippen molar-refractivity contribution < 1.29 is 23.8 Å². The van der Waals surface area contributed by atoms with Crippen LogP contribution in [0.2, 0.25) is 5.02 Å². The minimum Gasteiger partial charge on any atom is -0.456 e. The molecule has 2 aromatic rings. The van der Waals surface area contributed by atoms with Crippen LogP contribution in [0.25, 0.3) is 11.2 Å². The van der Waals surface area contributed by atoms with E-state index >= 15 is 0 Å². The van der Waals surface area contributed by atoms with Crippen molar-refractivity contribution in [1.29, 1.82) is 0 Å². The molecular weight excluding hydrogens is 272 g/mol. The summed E-state index contributed by atoms with van der Waals surface area (Å²) in [5.41, 5.74) is 0.256. The molecule has 0 spiro atoms. The van der Waals surface area contributed by atoms with Gasteiger partial charge in [-0.1, -0.05) is 11.6 Å². The second-order valence-corrected chi connectivity index (χ2v) is 5.50. The van der Waals surface area contributed by atoms with Crippen molar-refractivity contribution in [3.05, 3.63) is 22.7 Å². The fraction of sp³-hybridized carbons (Fsp3) is 0.462. The minimum absolute atomic E-state index is 0.168. The molecule has 1 aromatic heterocycles. The summed E-state index contributed by atoms with van der Waals surface area (Å²) in [6.07, 6.45) is -0.229. The SMILES string of the molecule is CC(O)CC(C)(C)OC(=O)c1ccc2ooc2c1Cl. The molecule has 6 heteroatoms. The van der Waals surface area contributed by atoms with E-state index in [0.717, 1.165) is 0 Å². The van der Waals surface area contributed by atoms with Crippen molar-refractivity contribution in [1.82, 2.24) is 0 Å². The summed E-state index contributed by atoms with van der Waals surface area (Å²) >= 11 is 6.02. The molecule has 1 unspecified atom stereocenters. The molecule has 104 valence electrons. The number of carbonyl (C=O) groups excluding carboxylic acids is 1. The molecule has 0 aliphatic rings. The predicted octanol–water partition coefficient (Wildman–Crippen LogP) is 3.39. The molecule has 0 bridgehead atoms. The van der Waals surface area contributed by atoms with Gasteiger partial charge in [-0.25, -0.2) is 4.79 Å². The molecule has 0 aliphatic heterocycles. The third-order valence-corrected chi connectivity index (χ3v) is 3.03. The van der Waals surface area contributed by atoms with Gasteiger partial charge >= 0.3 is 5.97 Å². The smallest absolute Gasteiger partial charge is 0.340 e. The van der Waals surface area contributed by atoms with Gasteiger partial charge in [0.15, 0.2) is 0 Å². The van der Waals surface area contributed by atoms with Gasteiger partial charge in [0.05, 0.1) is 11.7 Å². The highest BCUT2D eigenvalue weighted by molar-refractivity contribution is 6.37. The number of benzene rings is 1. The van der Waals surface area contributed by atoms with E-state index in [9.17, 15) is 9.90 Å². The topological polar surface area (TPSA) is 72.8 Å².